The Hall–Kier alpha value is -3.35. The number of rotatable bonds is 5. The van der Waals surface area contributed by atoms with E-state index in [1.54, 1.807) is 24.1 Å². The first-order chi connectivity index (χ1) is 13.6. The van der Waals surface area contributed by atoms with Gasteiger partial charge in [-0.1, -0.05) is 12.1 Å². The van der Waals surface area contributed by atoms with Crippen LogP contribution in [0, 0.1) is 5.92 Å². The van der Waals surface area contributed by atoms with Gasteiger partial charge in [-0.25, -0.2) is 4.98 Å². The summed E-state index contributed by atoms with van der Waals surface area (Å²) < 4.78 is 7.12. The molecule has 144 valence electrons. The van der Waals surface area contributed by atoms with Gasteiger partial charge in [-0.15, -0.1) is 0 Å². The van der Waals surface area contributed by atoms with Gasteiger partial charge in [0.2, 0.25) is 17.8 Å². The normalized spacial score (nSPS) is 16.6. The van der Waals surface area contributed by atoms with Crippen LogP contribution in [0.25, 0.3) is 11.0 Å². The number of amides is 2. The Morgan fingerprint density at radius 1 is 1.21 bits per heavy atom. The molecule has 0 saturated carbocycles. The molecule has 4 rings (SSSR count). The van der Waals surface area contributed by atoms with E-state index in [-0.39, 0.29) is 18.2 Å². The van der Waals surface area contributed by atoms with Crippen LogP contribution in [0.15, 0.2) is 48.5 Å². The molecule has 0 radical (unpaired) electrons. The number of carbonyl (C=O) groups is 2. The lowest BCUT2D eigenvalue weighted by atomic mass is 10.1. The number of imidazole rings is 1. The number of nitrogens with zero attached hydrogens (tertiary/aromatic N) is 3. The fourth-order valence-corrected chi connectivity index (χ4v) is 3.60. The third kappa shape index (κ3) is 3.19. The molecule has 1 aliphatic rings. The largest absolute Gasteiger partial charge is 0.497 e. The van der Waals surface area contributed by atoms with Crippen LogP contribution in [0.2, 0.25) is 0 Å². The zero-order valence-corrected chi connectivity index (χ0v) is 15.9. The fraction of sp³-hybridized carbons (Fsp3) is 0.286. The van der Waals surface area contributed by atoms with E-state index in [4.69, 9.17) is 4.74 Å². The summed E-state index contributed by atoms with van der Waals surface area (Å²) in [7, 11) is 1.60. The van der Waals surface area contributed by atoms with Crippen LogP contribution >= 0.6 is 0 Å². The van der Waals surface area contributed by atoms with Crippen molar-refractivity contribution in [2.24, 2.45) is 5.92 Å². The molecule has 0 unspecified atom stereocenters. The molecule has 0 bridgehead atoms. The van der Waals surface area contributed by atoms with E-state index in [9.17, 15) is 9.59 Å². The molecule has 0 aliphatic carbocycles. The van der Waals surface area contributed by atoms with Crippen LogP contribution in [0.4, 0.5) is 11.6 Å². The molecule has 2 heterocycles. The van der Waals surface area contributed by atoms with E-state index >= 15 is 0 Å². The summed E-state index contributed by atoms with van der Waals surface area (Å²) in [5.74, 6) is 0.579. The minimum atomic E-state index is -0.417. The van der Waals surface area contributed by atoms with Crippen LogP contribution in [-0.2, 0) is 16.1 Å². The summed E-state index contributed by atoms with van der Waals surface area (Å²) in [6.07, 6.45) is 0.185. The number of fused-ring (bicyclic) bond motifs is 1. The summed E-state index contributed by atoms with van der Waals surface area (Å²) in [6, 6.07) is 15.0. The van der Waals surface area contributed by atoms with Crippen LogP contribution in [-0.4, -0.2) is 35.0 Å². The van der Waals surface area contributed by atoms with E-state index in [1.807, 2.05) is 47.9 Å². The number of para-hydroxylation sites is 2. The van der Waals surface area contributed by atoms with Crippen molar-refractivity contribution in [3.8, 4) is 5.75 Å². The predicted octanol–water partition coefficient (Wildman–Crippen LogP) is 3.06. The average Bonchev–Trinajstić information content (AvgIpc) is 3.28. The minimum Gasteiger partial charge on any atom is -0.497 e. The predicted molar refractivity (Wildman–Crippen MR) is 107 cm³/mol. The van der Waals surface area contributed by atoms with Crippen molar-refractivity contribution in [1.29, 1.82) is 0 Å². The van der Waals surface area contributed by atoms with Crippen molar-refractivity contribution in [1.82, 2.24) is 9.55 Å². The van der Waals surface area contributed by atoms with Gasteiger partial charge in [0.15, 0.2) is 0 Å². The third-order valence-electron chi connectivity index (χ3n) is 5.09. The number of nitrogens with one attached hydrogen (secondary N) is 1. The first-order valence-corrected chi connectivity index (χ1v) is 9.31. The van der Waals surface area contributed by atoms with Gasteiger partial charge in [0.05, 0.1) is 24.1 Å². The van der Waals surface area contributed by atoms with Crippen molar-refractivity contribution < 1.29 is 14.3 Å². The molecule has 7 heteroatoms. The number of aromatic nitrogens is 2. The van der Waals surface area contributed by atoms with E-state index in [0.29, 0.717) is 19.0 Å². The smallest absolute Gasteiger partial charge is 0.232 e. The number of benzene rings is 2. The van der Waals surface area contributed by atoms with Crippen LogP contribution in [0.3, 0.4) is 0 Å². The molecule has 1 fully saturated rings. The van der Waals surface area contributed by atoms with Crippen molar-refractivity contribution in [2.45, 2.75) is 19.9 Å². The second-order valence-electron chi connectivity index (χ2n) is 6.76. The molecular formula is C21H22N4O3. The fourth-order valence-electron chi connectivity index (χ4n) is 3.60. The van der Waals surface area contributed by atoms with Crippen molar-refractivity contribution in [2.75, 3.05) is 23.9 Å². The summed E-state index contributed by atoms with van der Waals surface area (Å²) >= 11 is 0. The highest BCUT2D eigenvalue weighted by Crippen LogP contribution is 2.28. The standard InChI is InChI=1S/C21H22N4O3/c1-3-24-18-7-5-4-6-17(18)22-21(24)23-20(27)14-12-19(26)25(13-14)15-8-10-16(28-2)11-9-15/h4-11,14H,3,12-13H2,1-2H3,(H,22,23,27)/t14-/m1/s1. The van der Waals surface area contributed by atoms with Gasteiger partial charge >= 0.3 is 0 Å². The Morgan fingerprint density at radius 2 is 1.96 bits per heavy atom. The van der Waals surface area contributed by atoms with Gasteiger partial charge in [0.25, 0.3) is 0 Å². The number of methoxy groups -OCH3 is 1. The average molecular weight is 378 g/mol. The van der Waals surface area contributed by atoms with Crippen LogP contribution < -0.4 is 15.0 Å². The first-order valence-electron chi connectivity index (χ1n) is 9.31. The Labute approximate surface area is 162 Å². The van der Waals surface area contributed by atoms with Crippen molar-refractivity contribution in [3.63, 3.8) is 0 Å². The Balaban J connectivity index is 1.51. The van der Waals surface area contributed by atoms with Crippen LogP contribution in [0.1, 0.15) is 13.3 Å². The third-order valence-corrected chi connectivity index (χ3v) is 5.09. The maximum Gasteiger partial charge on any atom is 0.232 e. The second-order valence-corrected chi connectivity index (χ2v) is 6.76. The van der Waals surface area contributed by atoms with Crippen LogP contribution in [0.5, 0.6) is 5.75 Å². The summed E-state index contributed by atoms with van der Waals surface area (Å²) in [5, 5.41) is 2.92. The maximum absolute atomic E-state index is 12.8. The monoisotopic (exact) mass is 378 g/mol. The number of anilines is 2. The number of aryl methyl sites for hydroxylation is 1. The molecule has 3 aromatic rings. The van der Waals surface area contributed by atoms with Gasteiger partial charge in [-0.3, -0.25) is 14.9 Å². The Kier molecular flexibility index (Phi) is 4.73. The number of hydrogen-bond donors (Lipinski definition) is 1. The second kappa shape index (κ2) is 7.34. The molecule has 0 spiro atoms. The zero-order chi connectivity index (χ0) is 19.7. The van der Waals surface area contributed by atoms with Gasteiger partial charge in [-0.2, -0.15) is 0 Å². The molecule has 2 aromatic carbocycles. The minimum absolute atomic E-state index is 0.0608. The van der Waals surface area contributed by atoms with Gasteiger partial charge < -0.3 is 14.2 Å². The quantitative estimate of drug-likeness (QED) is 0.740. The Morgan fingerprint density at radius 3 is 2.68 bits per heavy atom. The summed E-state index contributed by atoms with van der Waals surface area (Å²) in [4.78, 5) is 31.4. The molecule has 1 aliphatic heterocycles. The molecule has 28 heavy (non-hydrogen) atoms. The molecule has 1 N–H and O–H groups in total. The molecule has 1 atom stereocenters. The summed E-state index contributed by atoms with van der Waals surface area (Å²) in [5.41, 5.74) is 2.58. The number of carbonyl (C=O) groups excluding carboxylic acids is 2. The maximum atomic E-state index is 12.8. The molecule has 2 amide bonds. The van der Waals surface area contributed by atoms with Crippen molar-refractivity contribution in [3.05, 3.63) is 48.5 Å². The molecule has 1 saturated heterocycles. The highest BCUT2D eigenvalue weighted by molar-refractivity contribution is 6.03. The van der Waals surface area contributed by atoms with Gasteiger partial charge in [0.1, 0.15) is 5.75 Å². The highest BCUT2D eigenvalue weighted by atomic mass is 16.5. The molecule has 7 nitrogen and oxygen atoms in total. The SMILES string of the molecule is CCn1c(NC(=O)[C@@H]2CC(=O)N(c3ccc(OC)cc3)C2)nc2ccccc21. The topological polar surface area (TPSA) is 76.5 Å². The first kappa shape index (κ1) is 18.0. The highest BCUT2D eigenvalue weighted by Gasteiger charge is 2.35. The summed E-state index contributed by atoms with van der Waals surface area (Å²) in [6.45, 7) is 3.05. The number of ether oxygens (including phenoxy) is 1. The zero-order valence-electron chi connectivity index (χ0n) is 15.9. The van der Waals surface area contributed by atoms with E-state index in [0.717, 1.165) is 22.5 Å². The lowest BCUT2D eigenvalue weighted by Gasteiger charge is -2.17. The molecule has 1 aromatic heterocycles. The van der Waals surface area contributed by atoms with E-state index in [1.165, 1.54) is 0 Å². The lowest BCUT2D eigenvalue weighted by Crippen LogP contribution is -2.28. The van der Waals surface area contributed by atoms with Gasteiger partial charge in [0, 0.05) is 25.2 Å². The molecular weight excluding hydrogens is 356 g/mol. The van der Waals surface area contributed by atoms with Gasteiger partial charge in [-0.05, 0) is 43.3 Å². The van der Waals surface area contributed by atoms with E-state index in [2.05, 4.69) is 10.3 Å². The lowest BCUT2D eigenvalue weighted by molar-refractivity contribution is -0.122. The Bertz CT molecular complexity index is 1030. The number of hydrogen-bond acceptors (Lipinski definition) is 4. The van der Waals surface area contributed by atoms with E-state index < -0.39 is 5.92 Å². The van der Waals surface area contributed by atoms with Crippen molar-refractivity contribution >= 4 is 34.5 Å².